The topological polar surface area (TPSA) is 87.7 Å². The quantitative estimate of drug-likeness (QED) is 0.785. The molecule has 0 spiro atoms. The predicted molar refractivity (Wildman–Crippen MR) is 72.4 cm³/mol. The van der Waals surface area contributed by atoms with Crippen LogP contribution in [0.5, 0.6) is 0 Å². The Balaban J connectivity index is 2.60. The van der Waals surface area contributed by atoms with Gasteiger partial charge in [0, 0.05) is 12.0 Å². The molecule has 0 unspecified atom stereocenters. The summed E-state index contributed by atoms with van der Waals surface area (Å²) in [5.74, 6) is 7.22. The molecule has 6 heteroatoms. The van der Waals surface area contributed by atoms with E-state index in [0.717, 1.165) is 18.1 Å². The molecule has 0 saturated carbocycles. The minimum Gasteiger partial charge on any atom is -0.382 e. The molecule has 2 aromatic heterocycles. The van der Waals surface area contributed by atoms with E-state index in [2.05, 4.69) is 30.7 Å². The van der Waals surface area contributed by atoms with Gasteiger partial charge in [0.2, 0.25) is 0 Å². The molecule has 0 aliphatic carbocycles. The lowest BCUT2D eigenvalue weighted by atomic mass is 9.96. The molecule has 0 fully saturated rings. The van der Waals surface area contributed by atoms with E-state index in [-0.39, 0.29) is 5.41 Å². The zero-order valence-corrected chi connectivity index (χ0v) is 11.3. The van der Waals surface area contributed by atoms with Crippen molar-refractivity contribution >= 4 is 5.82 Å². The van der Waals surface area contributed by atoms with Crippen molar-refractivity contribution in [3.8, 4) is 11.4 Å². The van der Waals surface area contributed by atoms with Gasteiger partial charge in [0.25, 0.3) is 0 Å². The second kappa shape index (κ2) is 4.04. The fourth-order valence-electron chi connectivity index (χ4n) is 1.93. The second-order valence-corrected chi connectivity index (χ2v) is 5.35. The summed E-state index contributed by atoms with van der Waals surface area (Å²) in [6, 6.07) is 0. The first-order valence-corrected chi connectivity index (χ1v) is 6.00. The molecule has 0 aliphatic heterocycles. The molecule has 4 N–H and O–H groups in total. The molecule has 0 bridgehead atoms. The van der Waals surface area contributed by atoms with Crippen LogP contribution in [0.4, 0.5) is 5.82 Å². The fraction of sp³-hybridized carbons (Fsp3) is 0.500. The molecule has 2 heterocycles. The lowest BCUT2D eigenvalue weighted by Gasteiger charge is -2.17. The van der Waals surface area contributed by atoms with Gasteiger partial charge in [-0.05, 0) is 6.92 Å². The van der Waals surface area contributed by atoms with Gasteiger partial charge in [0.1, 0.15) is 11.5 Å². The van der Waals surface area contributed by atoms with Crippen LogP contribution in [-0.2, 0) is 12.0 Å². The van der Waals surface area contributed by atoms with Crippen LogP contribution in [0.1, 0.15) is 33.5 Å². The highest BCUT2D eigenvalue weighted by atomic mass is 15.4. The van der Waals surface area contributed by atoms with Crippen LogP contribution in [0, 0.1) is 0 Å². The molecule has 0 radical (unpaired) electrons. The van der Waals surface area contributed by atoms with E-state index in [4.69, 9.17) is 11.6 Å². The van der Waals surface area contributed by atoms with Crippen molar-refractivity contribution in [2.24, 2.45) is 0 Å². The highest BCUT2D eigenvalue weighted by Crippen LogP contribution is 2.29. The molecular formula is C12H20N6. The number of hydrogen-bond acceptors (Lipinski definition) is 4. The van der Waals surface area contributed by atoms with Crippen molar-refractivity contribution in [3.05, 3.63) is 18.3 Å². The molecule has 0 aromatic carbocycles. The first kappa shape index (κ1) is 12.5. The Labute approximate surface area is 107 Å². The summed E-state index contributed by atoms with van der Waals surface area (Å²) in [5.41, 5.74) is 7.48. The monoisotopic (exact) mass is 248 g/mol. The van der Waals surface area contributed by atoms with Crippen molar-refractivity contribution in [3.63, 3.8) is 0 Å². The Bertz CT molecular complexity index is 558. The van der Waals surface area contributed by atoms with Crippen molar-refractivity contribution in [1.82, 2.24) is 19.2 Å². The van der Waals surface area contributed by atoms with Crippen molar-refractivity contribution in [1.29, 1.82) is 0 Å². The number of nitrogens with zero attached hydrogens (tertiary/aromatic N) is 4. The molecule has 0 aliphatic rings. The van der Waals surface area contributed by atoms with E-state index in [9.17, 15) is 0 Å². The number of aryl methyl sites for hydroxylation is 1. The Morgan fingerprint density at radius 1 is 1.33 bits per heavy atom. The molecule has 98 valence electrons. The number of aromatic nitrogens is 4. The Hall–Kier alpha value is -1.98. The number of hydrogen-bond donors (Lipinski definition) is 2. The predicted octanol–water partition coefficient (Wildman–Crippen LogP) is 1.36. The first-order valence-electron chi connectivity index (χ1n) is 6.00. The normalized spacial score (nSPS) is 12.0. The summed E-state index contributed by atoms with van der Waals surface area (Å²) in [4.78, 5) is 8.71. The van der Waals surface area contributed by atoms with E-state index in [0.29, 0.717) is 11.5 Å². The number of nitrogens with two attached hydrogens (primary N) is 2. The molecular weight excluding hydrogens is 228 g/mol. The summed E-state index contributed by atoms with van der Waals surface area (Å²) >= 11 is 0. The summed E-state index contributed by atoms with van der Waals surface area (Å²) in [7, 11) is 0. The van der Waals surface area contributed by atoms with E-state index in [1.807, 2.05) is 11.5 Å². The number of anilines is 1. The van der Waals surface area contributed by atoms with Gasteiger partial charge in [0.15, 0.2) is 5.82 Å². The van der Waals surface area contributed by atoms with Gasteiger partial charge in [-0.15, -0.1) is 0 Å². The average molecular weight is 248 g/mol. The smallest absolute Gasteiger partial charge is 0.152 e. The van der Waals surface area contributed by atoms with Gasteiger partial charge in [-0.1, -0.05) is 20.8 Å². The van der Waals surface area contributed by atoms with Gasteiger partial charge in [0.05, 0.1) is 18.2 Å². The van der Waals surface area contributed by atoms with Gasteiger partial charge in [-0.25, -0.2) is 14.6 Å². The number of imidazole rings is 2. The van der Waals surface area contributed by atoms with E-state index in [1.165, 1.54) is 4.68 Å². The first-order chi connectivity index (χ1) is 8.36. The van der Waals surface area contributed by atoms with Gasteiger partial charge in [-0.3, -0.25) is 0 Å². The SMILES string of the molecule is CCn1cncc1-c1nc(C(C)(C)C)n(N)c1N. The zero-order chi connectivity index (χ0) is 13.5. The van der Waals surface area contributed by atoms with Crippen LogP contribution >= 0.6 is 0 Å². The summed E-state index contributed by atoms with van der Waals surface area (Å²) in [5, 5.41) is 0. The van der Waals surface area contributed by atoms with E-state index in [1.54, 1.807) is 12.5 Å². The Morgan fingerprint density at radius 3 is 2.50 bits per heavy atom. The molecule has 0 atom stereocenters. The van der Waals surface area contributed by atoms with Crippen LogP contribution in [0.15, 0.2) is 12.5 Å². The summed E-state index contributed by atoms with van der Waals surface area (Å²) in [6.07, 6.45) is 3.52. The standard InChI is InChI=1S/C12H20N6/c1-5-17-7-15-6-8(17)9-10(13)18(14)11(16-9)12(2,3)4/h6-7H,5,13-14H2,1-4H3. The van der Waals surface area contributed by atoms with Crippen LogP contribution < -0.4 is 11.6 Å². The third kappa shape index (κ3) is 1.83. The van der Waals surface area contributed by atoms with Crippen LogP contribution in [-0.4, -0.2) is 19.2 Å². The molecule has 0 saturated heterocycles. The van der Waals surface area contributed by atoms with Crippen molar-refractivity contribution < 1.29 is 0 Å². The Morgan fingerprint density at radius 2 is 2.00 bits per heavy atom. The zero-order valence-electron chi connectivity index (χ0n) is 11.3. The fourth-order valence-corrected chi connectivity index (χ4v) is 1.93. The van der Waals surface area contributed by atoms with Crippen LogP contribution in [0.25, 0.3) is 11.4 Å². The average Bonchev–Trinajstić information content (AvgIpc) is 2.84. The minimum atomic E-state index is -0.155. The lowest BCUT2D eigenvalue weighted by molar-refractivity contribution is 0.532. The summed E-state index contributed by atoms with van der Waals surface area (Å²) < 4.78 is 3.45. The maximum atomic E-state index is 6.05. The van der Waals surface area contributed by atoms with Gasteiger partial charge in [-0.2, -0.15) is 0 Å². The molecule has 6 nitrogen and oxygen atoms in total. The highest BCUT2D eigenvalue weighted by molar-refractivity contribution is 5.68. The second-order valence-electron chi connectivity index (χ2n) is 5.35. The number of nitrogen functional groups attached to an aromatic ring is 2. The minimum absolute atomic E-state index is 0.155. The third-order valence-electron chi connectivity index (χ3n) is 2.91. The third-order valence-corrected chi connectivity index (χ3v) is 2.91. The molecule has 2 rings (SSSR count). The van der Waals surface area contributed by atoms with Crippen molar-refractivity contribution in [2.45, 2.75) is 39.7 Å². The highest BCUT2D eigenvalue weighted by Gasteiger charge is 2.25. The van der Waals surface area contributed by atoms with Crippen molar-refractivity contribution in [2.75, 3.05) is 11.6 Å². The van der Waals surface area contributed by atoms with Crippen LogP contribution in [0.3, 0.4) is 0 Å². The van der Waals surface area contributed by atoms with E-state index >= 15 is 0 Å². The van der Waals surface area contributed by atoms with E-state index < -0.39 is 0 Å². The Kier molecular flexibility index (Phi) is 2.80. The number of rotatable bonds is 2. The molecule has 18 heavy (non-hydrogen) atoms. The van der Waals surface area contributed by atoms with Crippen LogP contribution in [0.2, 0.25) is 0 Å². The maximum Gasteiger partial charge on any atom is 0.152 e. The van der Waals surface area contributed by atoms with Gasteiger partial charge < -0.3 is 16.1 Å². The molecule has 0 amide bonds. The maximum absolute atomic E-state index is 6.05. The largest absolute Gasteiger partial charge is 0.382 e. The van der Waals surface area contributed by atoms with Gasteiger partial charge >= 0.3 is 0 Å². The summed E-state index contributed by atoms with van der Waals surface area (Å²) in [6.45, 7) is 9.03. The lowest BCUT2D eigenvalue weighted by Crippen LogP contribution is -2.24. The molecule has 2 aromatic rings.